The van der Waals surface area contributed by atoms with Gasteiger partial charge in [0.2, 0.25) is 0 Å². The standard InChI is InChI=1S/C20H12F8/c21-17(22)13-9-5-1-6(2-5)10(9)14-16(20(27,28)18(14,23)24)12-8-3-7(4-8)11(12)15(13)19(17,25)26/h5-8H,1-4H2/b13-9+,14-10+,15-11+,16-12+. The summed E-state index contributed by atoms with van der Waals surface area (Å²) in [6.07, 6.45) is 1.16. The zero-order chi connectivity index (χ0) is 19.8. The molecule has 0 saturated heterocycles. The first-order valence-electron chi connectivity index (χ1n) is 9.43. The molecule has 0 nitrogen and oxygen atoms in total. The summed E-state index contributed by atoms with van der Waals surface area (Å²) in [5.74, 6) is -19.9. The van der Waals surface area contributed by atoms with Crippen LogP contribution in [0.15, 0.2) is 44.6 Å². The van der Waals surface area contributed by atoms with Crippen molar-refractivity contribution >= 4 is 0 Å². The topological polar surface area (TPSA) is 0 Å². The molecule has 0 aromatic heterocycles. The van der Waals surface area contributed by atoms with Crippen LogP contribution in [0.3, 0.4) is 0 Å². The summed E-state index contributed by atoms with van der Waals surface area (Å²) in [7, 11) is 0. The van der Waals surface area contributed by atoms with Gasteiger partial charge in [0.25, 0.3) is 0 Å². The summed E-state index contributed by atoms with van der Waals surface area (Å²) in [6.45, 7) is 0. The highest BCUT2D eigenvalue weighted by Gasteiger charge is 2.81. The molecule has 0 spiro atoms. The number of rotatable bonds is 0. The highest BCUT2D eigenvalue weighted by Crippen LogP contribution is 2.76. The molecule has 9 aliphatic rings. The summed E-state index contributed by atoms with van der Waals surface area (Å²) >= 11 is 0. The molecule has 0 N–H and O–H groups in total. The van der Waals surface area contributed by atoms with Gasteiger partial charge in [-0.25, -0.2) is 0 Å². The van der Waals surface area contributed by atoms with Gasteiger partial charge in [0.15, 0.2) is 0 Å². The molecule has 9 rings (SSSR count). The van der Waals surface area contributed by atoms with E-state index < -0.39 is 69.7 Å². The average molecular weight is 404 g/mol. The minimum atomic E-state index is -4.45. The van der Waals surface area contributed by atoms with Gasteiger partial charge in [-0.05, 0) is 71.6 Å². The molecule has 0 amide bonds. The Labute approximate surface area is 153 Å². The molecule has 4 bridgehead atoms. The fraction of sp³-hybridized carbons (Fsp3) is 0.600. The van der Waals surface area contributed by atoms with Crippen molar-refractivity contribution in [2.24, 2.45) is 23.7 Å². The van der Waals surface area contributed by atoms with Crippen molar-refractivity contribution in [2.45, 2.75) is 49.4 Å². The zero-order valence-electron chi connectivity index (χ0n) is 14.2. The molecule has 0 heterocycles. The maximum atomic E-state index is 14.6. The van der Waals surface area contributed by atoms with Crippen LogP contribution in [0, 0.1) is 23.7 Å². The van der Waals surface area contributed by atoms with E-state index in [4.69, 9.17) is 0 Å². The van der Waals surface area contributed by atoms with Crippen LogP contribution < -0.4 is 0 Å². The third-order valence-electron chi connectivity index (χ3n) is 8.11. The summed E-state index contributed by atoms with van der Waals surface area (Å²) in [5.41, 5.74) is -4.09. The van der Waals surface area contributed by atoms with Crippen LogP contribution in [0.2, 0.25) is 0 Å². The van der Waals surface area contributed by atoms with Gasteiger partial charge in [-0.3, -0.25) is 0 Å². The monoisotopic (exact) mass is 404 g/mol. The van der Waals surface area contributed by atoms with Gasteiger partial charge in [0.1, 0.15) is 0 Å². The summed E-state index contributed by atoms with van der Waals surface area (Å²) in [6, 6.07) is 0. The van der Waals surface area contributed by atoms with Gasteiger partial charge in [-0.2, -0.15) is 35.1 Å². The minimum Gasteiger partial charge on any atom is -0.194 e. The molecule has 0 aromatic rings. The Hall–Kier alpha value is -1.60. The molecule has 148 valence electrons. The molecular formula is C20H12F8. The predicted octanol–water partition coefficient (Wildman–Crippen LogP) is 5.83. The van der Waals surface area contributed by atoms with Gasteiger partial charge in [-0.15, -0.1) is 0 Å². The molecule has 0 aliphatic heterocycles. The average Bonchev–Trinajstić information content (AvgIpc) is 3.19. The second kappa shape index (κ2) is 3.88. The third kappa shape index (κ3) is 1.23. The van der Waals surface area contributed by atoms with Crippen LogP contribution >= 0.6 is 0 Å². The first-order valence-corrected chi connectivity index (χ1v) is 9.43. The first-order chi connectivity index (χ1) is 12.9. The van der Waals surface area contributed by atoms with E-state index in [0.717, 1.165) is 0 Å². The molecule has 28 heavy (non-hydrogen) atoms. The van der Waals surface area contributed by atoms with E-state index in [-0.39, 0.29) is 22.3 Å². The Balaban J connectivity index is 1.67. The van der Waals surface area contributed by atoms with Crippen molar-refractivity contribution < 1.29 is 35.1 Å². The van der Waals surface area contributed by atoms with E-state index >= 15 is 0 Å². The number of hydrogen-bond donors (Lipinski definition) is 0. The molecule has 9 aliphatic carbocycles. The Morgan fingerprint density at radius 3 is 0.750 bits per heavy atom. The maximum Gasteiger partial charge on any atom is 0.340 e. The fourth-order valence-electron chi connectivity index (χ4n) is 6.76. The quantitative estimate of drug-likeness (QED) is 0.446. The van der Waals surface area contributed by atoms with E-state index in [2.05, 4.69) is 0 Å². The minimum absolute atomic E-state index is 0.186. The number of hydrogen-bond acceptors (Lipinski definition) is 0. The SMILES string of the molecule is FC1(F)C2=C3/C(=C4\C(=C5/C(=C\2C1(F)F)C1CC5C1)C(F)(F)C4(F)F)C1CC3C1. The van der Waals surface area contributed by atoms with Gasteiger partial charge in [0.05, 0.1) is 0 Å². The van der Waals surface area contributed by atoms with Crippen molar-refractivity contribution in [1.29, 1.82) is 0 Å². The Morgan fingerprint density at radius 2 is 0.571 bits per heavy atom. The van der Waals surface area contributed by atoms with Crippen molar-refractivity contribution in [3.8, 4) is 0 Å². The lowest BCUT2D eigenvalue weighted by atomic mass is 9.63. The van der Waals surface area contributed by atoms with Crippen molar-refractivity contribution in [3.05, 3.63) is 44.6 Å². The Morgan fingerprint density at radius 1 is 0.393 bits per heavy atom. The van der Waals surface area contributed by atoms with Crippen LogP contribution in [0.5, 0.6) is 0 Å². The van der Waals surface area contributed by atoms with Crippen LogP contribution in [0.25, 0.3) is 0 Å². The molecule has 8 saturated carbocycles. The first kappa shape index (κ1) is 16.2. The van der Waals surface area contributed by atoms with Crippen molar-refractivity contribution in [1.82, 2.24) is 0 Å². The fourth-order valence-corrected chi connectivity index (χ4v) is 6.76. The maximum absolute atomic E-state index is 14.6. The zero-order valence-corrected chi connectivity index (χ0v) is 14.2. The molecule has 0 unspecified atom stereocenters. The number of allylic oxidation sites excluding steroid dienone is 8. The van der Waals surface area contributed by atoms with Crippen LogP contribution in [-0.2, 0) is 0 Å². The molecule has 0 radical (unpaired) electrons. The van der Waals surface area contributed by atoms with Crippen LogP contribution in [0.4, 0.5) is 35.1 Å². The number of alkyl halides is 8. The van der Waals surface area contributed by atoms with Crippen LogP contribution in [-0.4, -0.2) is 23.7 Å². The smallest absolute Gasteiger partial charge is 0.194 e. The highest BCUT2D eigenvalue weighted by molar-refractivity contribution is 5.79. The largest absolute Gasteiger partial charge is 0.340 e. The van der Waals surface area contributed by atoms with E-state index in [1.807, 2.05) is 0 Å². The lowest BCUT2D eigenvalue weighted by Gasteiger charge is -2.48. The second-order valence-corrected chi connectivity index (χ2v) is 9.18. The van der Waals surface area contributed by atoms with Gasteiger partial charge in [0, 0.05) is 22.3 Å². The van der Waals surface area contributed by atoms with Gasteiger partial charge < -0.3 is 0 Å². The molecule has 0 aromatic carbocycles. The summed E-state index contributed by atoms with van der Waals surface area (Å²) in [5, 5.41) is 0. The number of halogens is 8. The lowest BCUT2D eigenvalue weighted by molar-refractivity contribution is -0.198. The summed E-state index contributed by atoms with van der Waals surface area (Å²) in [4.78, 5) is 0. The Kier molecular flexibility index (Phi) is 2.25. The summed E-state index contributed by atoms with van der Waals surface area (Å²) < 4.78 is 117. The van der Waals surface area contributed by atoms with Crippen molar-refractivity contribution in [2.75, 3.05) is 0 Å². The predicted molar refractivity (Wildman–Crippen MR) is 80.3 cm³/mol. The number of fused-ring (bicyclic) bond motifs is 2. The molecule has 0 atom stereocenters. The third-order valence-corrected chi connectivity index (χ3v) is 8.11. The molecule has 8 fully saturated rings. The normalized spacial score (nSPS) is 54.0. The van der Waals surface area contributed by atoms with E-state index in [0.29, 0.717) is 25.7 Å². The van der Waals surface area contributed by atoms with E-state index in [9.17, 15) is 35.1 Å². The van der Waals surface area contributed by atoms with Crippen LogP contribution in [0.1, 0.15) is 25.7 Å². The lowest BCUT2D eigenvalue weighted by Crippen LogP contribution is -2.59. The van der Waals surface area contributed by atoms with E-state index in [1.165, 1.54) is 0 Å². The highest BCUT2D eigenvalue weighted by atomic mass is 19.3. The van der Waals surface area contributed by atoms with Gasteiger partial charge >= 0.3 is 23.7 Å². The van der Waals surface area contributed by atoms with Gasteiger partial charge in [-0.1, -0.05) is 0 Å². The molecular weight excluding hydrogens is 392 g/mol. The second-order valence-electron chi connectivity index (χ2n) is 9.18. The Bertz CT molecular complexity index is 874. The van der Waals surface area contributed by atoms with Crippen molar-refractivity contribution in [3.63, 3.8) is 0 Å². The van der Waals surface area contributed by atoms with E-state index in [1.54, 1.807) is 0 Å². The molecule has 8 heteroatoms.